The van der Waals surface area contributed by atoms with Gasteiger partial charge in [0.05, 0.1) is 18.5 Å². The number of aromatic nitrogens is 4. The molecule has 158 valence electrons. The molecule has 9 heteroatoms. The summed E-state index contributed by atoms with van der Waals surface area (Å²) >= 11 is 0. The van der Waals surface area contributed by atoms with E-state index >= 15 is 0 Å². The number of benzene rings is 2. The van der Waals surface area contributed by atoms with E-state index in [0.29, 0.717) is 17.1 Å². The van der Waals surface area contributed by atoms with E-state index in [0.717, 1.165) is 23.8 Å². The minimum atomic E-state index is -0.721. The van der Waals surface area contributed by atoms with Gasteiger partial charge in [0.25, 0.3) is 11.4 Å². The summed E-state index contributed by atoms with van der Waals surface area (Å²) in [5.74, 6) is -0.366. The number of hydrogen-bond donors (Lipinski definition) is 0. The van der Waals surface area contributed by atoms with Gasteiger partial charge in [-0.05, 0) is 42.0 Å². The molecule has 0 aliphatic carbocycles. The van der Waals surface area contributed by atoms with Crippen molar-refractivity contribution in [3.8, 4) is 34.3 Å². The maximum atomic E-state index is 13.6. The van der Waals surface area contributed by atoms with Crippen LogP contribution in [0.5, 0.6) is 0 Å². The quantitative estimate of drug-likeness (QED) is 0.405. The van der Waals surface area contributed by atoms with Crippen molar-refractivity contribution in [1.29, 1.82) is 0 Å². The van der Waals surface area contributed by atoms with E-state index in [9.17, 15) is 13.6 Å². The molecule has 0 bridgehead atoms. The first-order valence-corrected chi connectivity index (χ1v) is 9.57. The molecule has 0 saturated heterocycles. The van der Waals surface area contributed by atoms with Gasteiger partial charge in [-0.3, -0.25) is 4.79 Å². The Morgan fingerprint density at radius 2 is 1.75 bits per heavy atom. The predicted molar refractivity (Wildman–Crippen MR) is 110 cm³/mol. The third-order valence-electron chi connectivity index (χ3n) is 4.70. The first kappa shape index (κ1) is 19.6. The molecule has 0 spiro atoms. The third-order valence-corrected chi connectivity index (χ3v) is 4.70. The van der Waals surface area contributed by atoms with Gasteiger partial charge in [0.15, 0.2) is 5.76 Å². The second kappa shape index (κ2) is 8.03. The van der Waals surface area contributed by atoms with Gasteiger partial charge in [-0.1, -0.05) is 23.4 Å². The molecule has 0 radical (unpaired) electrons. The lowest BCUT2D eigenvalue weighted by atomic mass is 10.1. The minimum absolute atomic E-state index is 0.140. The Kier molecular flexibility index (Phi) is 4.91. The van der Waals surface area contributed by atoms with Crippen LogP contribution in [0.1, 0.15) is 5.56 Å². The van der Waals surface area contributed by atoms with Gasteiger partial charge < -0.3 is 8.94 Å². The molecule has 5 aromatic rings. The number of halogens is 2. The molecule has 0 saturated carbocycles. The average molecular weight is 432 g/mol. The Morgan fingerprint density at radius 3 is 2.53 bits per heavy atom. The second-order valence-corrected chi connectivity index (χ2v) is 6.97. The molecule has 3 heterocycles. The monoisotopic (exact) mass is 432 g/mol. The lowest BCUT2D eigenvalue weighted by molar-refractivity contribution is 0.417. The molecular weight excluding hydrogens is 418 g/mol. The molecule has 0 atom stereocenters. The van der Waals surface area contributed by atoms with Gasteiger partial charge in [-0.25, -0.2) is 13.5 Å². The van der Waals surface area contributed by atoms with Crippen molar-refractivity contribution in [1.82, 2.24) is 19.9 Å². The summed E-state index contributed by atoms with van der Waals surface area (Å²) in [5.41, 5.74) is 1.60. The first-order valence-electron chi connectivity index (χ1n) is 9.57. The van der Waals surface area contributed by atoms with Crippen LogP contribution in [0.25, 0.3) is 34.3 Å². The largest absolute Gasteiger partial charge is 0.459 e. The van der Waals surface area contributed by atoms with E-state index in [2.05, 4.69) is 15.2 Å². The summed E-state index contributed by atoms with van der Waals surface area (Å²) in [5, 5.41) is 8.25. The van der Waals surface area contributed by atoms with Crippen LogP contribution in [0.3, 0.4) is 0 Å². The Hall–Kier alpha value is -4.40. The normalized spacial score (nSPS) is 11.1. The molecular formula is C23H14F2N4O3. The molecule has 0 fully saturated rings. The van der Waals surface area contributed by atoms with E-state index < -0.39 is 11.6 Å². The van der Waals surface area contributed by atoms with Crippen LogP contribution < -0.4 is 5.56 Å². The van der Waals surface area contributed by atoms with E-state index in [1.165, 1.54) is 23.1 Å². The number of nitrogens with zero attached hydrogens (tertiary/aromatic N) is 4. The van der Waals surface area contributed by atoms with Crippen LogP contribution in [-0.4, -0.2) is 19.9 Å². The van der Waals surface area contributed by atoms with Gasteiger partial charge in [0.2, 0.25) is 5.82 Å². The summed E-state index contributed by atoms with van der Waals surface area (Å²) in [7, 11) is 0. The van der Waals surface area contributed by atoms with Crippen LogP contribution >= 0.6 is 0 Å². The van der Waals surface area contributed by atoms with Crippen molar-refractivity contribution in [2.24, 2.45) is 0 Å². The third kappa shape index (κ3) is 3.95. The fraction of sp³-hybridized carbons (Fsp3) is 0.0435. The summed E-state index contributed by atoms with van der Waals surface area (Å²) in [6.07, 6.45) is 1.51. The van der Waals surface area contributed by atoms with E-state index in [4.69, 9.17) is 8.94 Å². The topological polar surface area (TPSA) is 87.0 Å². The molecule has 3 aromatic heterocycles. The Balaban J connectivity index is 1.44. The van der Waals surface area contributed by atoms with Crippen LogP contribution in [0.4, 0.5) is 8.78 Å². The van der Waals surface area contributed by atoms with Gasteiger partial charge in [0, 0.05) is 23.3 Å². The fourth-order valence-corrected chi connectivity index (χ4v) is 3.24. The van der Waals surface area contributed by atoms with Crippen molar-refractivity contribution < 1.29 is 17.7 Å². The van der Waals surface area contributed by atoms with Gasteiger partial charge in [-0.2, -0.15) is 10.1 Å². The molecule has 32 heavy (non-hydrogen) atoms. The molecule has 0 aliphatic heterocycles. The number of rotatable bonds is 5. The van der Waals surface area contributed by atoms with Gasteiger partial charge in [0.1, 0.15) is 11.6 Å². The lowest BCUT2D eigenvalue weighted by Gasteiger charge is -2.08. The molecule has 0 amide bonds. The highest BCUT2D eigenvalue weighted by Crippen LogP contribution is 2.23. The zero-order valence-corrected chi connectivity index (χ0v) is 16.4. The van der Waals surface area contributed by atoms with Gasteiger partial charge >= 0.3 is 0 Å². The van der Waals surface area contributed by atoms with Crippen LogP contribution in [0.2, 0.25) is 0 Å². The summed E-state index contributed by atoms with van der Waals surface area (Å²) in [4.78, 5) is 16.7. The minimum Gasteiger partial charge on any atom is -0.459 e. The summed E-state index contributed by atoms with van der Waals surface area (Å²) in [6.45, 7) is 0.140. The van der Waals surface area contributed by atoms with Crippen molar-refractivity contribution in [2.45, 2.75) is 6.54 Å². The highest BCUT2D eigenvalue weighted by molar-refractivity contribution is 5.59. The van der Waals surface area contributed by atoms with Crippen molar-refractivity contribution in [3.05, 3.63) is 101 Å². The van der Waals surface area contributed by atoms with Crippen LogP contribution in [0.15, 0.2) is 86.7 Å². The Morgan fingerprint density at radius 1 is 0.906 bits per heavy atom. The van der Waals surface area contributed by atoms with Crippen LogP contribution in [0, 0.1) is 11.6 Å². The molecule has 0 aliphatic rings. The molecule has 5 rings (SSSR count). The molecule has 0 unspecified atom stereocenters. The Bertz CT molecular complexity index is 1440. The van der Waals surface area contributed by atoms with Crippen molar-refractivity contribution in [2.75, 3.05) is 0 Å². The van der Waals surface area contributed by atoms with Crippen LogP contribution in [-0.2, 0) is 6.54 Å². The van der Waals surface area contributed by atoms with E-state index in [1.54, 1.807) is 24.3 Å². The average Bonchev–Trinajstić information content (AvgIpc) is 3.47. The highest BCUT2D eigenvalue weighted by atomic mass is 19.1. The van der Waals surface area contributed by atoms with E-state index in [-0.39, 0.29) is 29.3 Å². The fourth-order valence-electron chi connectivity index (χ4n) is 3.24. The zero-order valence-electron chi connectivity index (χ0n) is 16.4. The van der Waals surface area contributed by atoms with Crippen molar-refractivity contribution >= 4 is 0 Å². The smallest absolute Gasteiger partial charge is 0.293 e. The van der Waals surface area contributed by atoms with Crippen molar-refractivity contribution in [3.63, 3.8) is 0 Å². The molecule has 2 aromatic carbocycles. The standard InChI is InChI=1S/C23H14F2N4O3/c24-17-10-16(11-18(25)12-17)19-6-7-21(30)29(27-19)13-14-3-1-4-15(9-14)22-26-23(32-28-22)20-5-2-8-31-20/h1-12H,13H2. The molecule has 0 N–H and O–H groups in total. The van der Waals surface area contributed by atoms with Gasteiger partial charge in [-0.15, -0.1) is 0 Å². The summed E-state index contributed by atoms with van der Waals surface area (Å²) < 4.78 is 38.9. The predicted octanol–water partition coefficient (Wildman–Crippen LogP) is 4.55. The summed E-state index contributed by atoms with van der Waals surface area (Å²) in [6, 6.07) is 16.5. The SMILES string of the molecule is O=c1ccc(-c2cc(F)cc(F)c2)nn1Cc1cccc(-c2noc(-c3ccco3)n2)c1. The van der Waals surface area contributed by atoms with E-state index in [1.807, 2.05) is 12.1 Å². The second-order valence-electron chi connectivity index (χ2n) is 6.97. The zero-order chi connectivity index (χ0) is 22.1. The maximum Gasteiger partial charge on any atom is 0.293 e. The first-order chi connectivity index (χ1) is 15.5. The lowest BCUT2D eigenvalue weighted by Crippen LogP contribution is -2.22. The Labute approximate surface area is 179 Å². The molecule has 7 nitrogen and oxygen atoms in total. The highest BCUT2D eigenvalue weighted by Gasteiger charge is 2.13. The number of furan rings is 1. The maximum absolute atomic E-state index is 13.6. The number of hydrogen-bond acceptors (Lipinski definition) is 6.